The van der Waals surface area contributed by atoms with Gasteiger partial charge in [-0.05, 0) is 30.4 Å². The van der Waals surface area contributed by atoms with Crippen LogP contribution in [0.2, 0.25) is 0 Å². The molecule has 0 saturated heterocycles. The summed E-state index contributed by atoms with van der Waals surface area (Å²) in [6, 6.07) is 7.25. The van der Waals surface area contributed by atoms with Gasteiger partial charge in [0.05, 0.1) is 11.7 Å². The highest BCUT2D eigenvalue weighted by Crippen LogP contribution is 2.29. The number of rotatable bonds is 2. The smallest absolute Gasteiger partial charge is 0.324 e. The fraction of sp³-hybridized carbons (Fsp3) is 0.250. The molecule has 1 heterocycles. The van der Waals surface area contributed by atoms with Crippen LogP contribution in [0.15, 0.2) is 48.0 Å². The molecule has 4 N–H and O–H groups in total. The predicted octanol–water partition coefficient (Wildman–Crippen LogP) is 1.78. The van der Waals surface area contributed by atoms with E-state index in [2.05, 4.69) is 28.6 Å². The number of carbonyl (C=O) groups excluding carboxylic acids is 2. The molecule has 1 aromatic rings. The number of carbonyl (C=O) groups is 2. The Balaban J connectivity index is 1.82. The summed E-state index contributed by atoms with van der Waals surface area (Å²) in [6.07, 6.45) is 2.80. The first-order valence-electron chi connectivity index (χ1n) is 7.15. The van der Waals surface area contributed by atoms with Crippen molar-refractivity contribution >= 4 is 11.9 Å². The van der Waals surface area contributed by atoms with E-state index in [-0.39, 0.29) is 23.2 Å². The Kier molecular flexibility index (Phi) is 3.58. The van der Waals surface area contributed by atoms with Crippen LogP contribution in [0.5, 0.6) is 0 Å². The number of aliphatic hydroxyl groups is 1. The third-order valence-electron chi connectivity index (χ3n) is 3.93. The fourth-order valence-corrected chi connectivity index (χ4v) is 2.85. The van der Waals surface area contributed by atoms with Gasteiger partial charge in [-0.3, -0.25) is 10.1 Å². The topological polar surface area (TPSA) is 90.5 Å². The van der Waals surface area contributed by atoms with Gasteiger partial charge in [-0.2, -0.15) is 0 Å². The van der Waals surface area contributed by atoms with E-state index in [0.29, 0.717) is 0 Å². The summed E-state index contributed by atoms with van der Waals surface area (Å²) in [5.41, 5.74) is 2.15. The van der Waals surface area contributed by atoms with Crippen molar-refractivity contribution in [3.63, 3.8) is 0 Å². The van der Waals surface area contributed by atoms with Gasteiger partial charge in [-0.15, -0.1) is 0 Å². The molecule has 22 heavy (non-hydrogen) atoms. The lowest BCUT2D eigenvalue weighted by molar-refractivity contribution is -0.118. The number of urea groups is 1. The molecule has 0 unspecified atom stereocenters. The van der Waals surface area contributed by atoms with E-state index in [9.17, 15) is 14.7 Å². The van der Waals surface area contributed by atoms with Gasteiger partial charge in [-0.25, -0.2) is 4.79 Å². The summed E-state index contributed by atoms with van der Waals surface area (Å²) in [5.74, 6) is -0.864. The van der Waals surface area contributed by atoms with Crippen molar-refractivity contribution in [2.45, 2.75) is 25.3 Å². The summed E-state index contributed by atoms with van der Waals surface area (Å²) in [6.45, 7) is 3.50. The largest absolute Gasteiger partial charge is 0.504 e. The molecular weight excluding hydrogens is 282 g/mol. The maximum absolute atomic E-state index is 12.4. The number of fused-ring (bicyclic) bond motifs is 1. The maximum atomic E-state index is 12.4. The summed E-state index contributed by atoms with van der Waals surface area (Å²) >= 11 is 0. The quantitative estimate of drug-likeness (QED) is 0.671. The SMILES string of the molecule is C=C1NC(=O)NC(C(=O)N[C@@H]2CCCc3ccccc32)=C1O. The molecule has 1 aliphatic heterocycles. The van der Waals surface area contributed by atoms with Gasteiger partial charge < -0.3 is 15.7 Å². The second kappa shape index (κ2) is 5.55. The first-order valence-corrected chi connectivity index (χ1v) is 7.15. The van der Waals surface area contributed by atoms with Crippen molar-refractivity contribution < 1.29 is 14.7 Å². The molecule has 114 valence electrons. The first-order chi connectivity index (χ1) is 10.6. The van der Waals surface area contributed by atoms with Crippen LogP contribution >= 0.6 is 0 Å². The number of hydrogen-bond acceptors (Lipinski definition) is 3. The molecule has 0 saturated carbocycles. The Morgan fingerprint density at radius 2 is 2.09 bits per heavy atom. The van der Waals surface area contributed by atoms with Crippen LogP contribution < -0.4 is 16.0 Å². The van der Waals surface area contributed by atoms with Crippen LogP contribution in [0.1, 0.15) is 30.0 Å². The zero-order chi connectivity index (χ0) is 15.7. The van der Waals surface area contributed by atoms with Gasteiger partial charge in [0.2, 0.25) is 0 Å². The minimum Gasteiger partial charge on any atom is -0.504 e. The van der Waals surface area contributed by atoms with Crippen LogP contribution in [0.25, 0.3) is 0 Å². The highest BCUT2D eigenvalue weighted by molar-refractivity contribution is 6.00. The molecule has 1 aromatic carbocycles. The van der Waals surface area contributed by atoms with Crippen LogP contribution in [0.3, 0.4) is 0 Å². The first kappa shape index (κ1) is 14.2. The van der Waals surface area contributed by atoms with Crippen molar-refractivity contribution in [2.75, 3.05) is 0 Å². The predicted molar refractivity (Wildman–Crippen MR) is 80.7 cm³/mol. The highest BCUT2D eigenvalue weighted by Gasteiger charge is 2.28. The molecule has 0 radical (unpaired) electrons. The Hall–Kier alpha value is -2.76. The lowest BCUT2D eigenvalue weighted by Gasteiger charge is -2.27. The monoisotopic (exact) mass is 299 g/mol. The van der Waals surface area contributed by atoms with Crippen molar-refractivity contribution in [3.05, 3.63) is 59.1 Å². The van der Waals surface area contributed by atoms with E-state index < -0.39 is 11.9 Å². The van der Waals surface area contributed by atoms with Crippen molar-refractivity contribution in [1.82, 2.24) is 16.0 Å². The molecule has 1 atom stereocenters. The number of aryl methyl sites for hydroxylation is 1. The summed E-state index contributed by atoms with van der Waals surface area (Å²) in [5, 5.41) is 17.4. The lowest BCUT2D eigenvalue weighted by Crippen LogP contribution is -2.46. The molecule has 0 spiro atoms. The van der Waals surface area contributed by atoms with E-state index in [1.165, 1.54) is 5.56 Å². The van der Waals surface area contributed by atoms with E-state index in [0.717, 1.165) is 24.8 Å². The van der Waals surface area contributed by atoms with Crippen molar-refractivity contribution in [2.24, 2.45) is 0 Å². The lowest BCUT2D eigenvalue weighted by atomic mass is 9.87. The Labute approximate surface area is 127 Å². The average molecular weight is 299 g/mol. The summed E-state index contributed by atoms with van der Waals surface area (Å²) in [4.78, 5) is 23.8. The standard InChI is InChI=1S/C16H17N3O3/c1-9-14(20)13(19-16(22)17-9)15(21)18-12-8-4-6-10-5-2-3-7-11(10)12/h2-3,5,7,12,20H,1,4,6,8H2,(H,18,21)(H2,17,19,22)/t12-/m1/s1. The van der Waals surface area contributed by atoms with Crippen LogP contribution in [0, 0.1) is 0 Å². The Morgan fingerprint density at radius 3 is 2.91 bits per heavy atom. The van der Waals surface area contributed by atoms with Gasteiger partial charge in [0.1, 0.15) is 0 Å². The van der Waals surface area contributed by atoms with Crippen LogP contribution in [0.4, 0.5) is 4.79 Å². The van der Waals surface area contributed by atoms with E-state index >= 15 is 0 Å². The van der Waals surface area contributed by atoms with Crippen LogP contribution in [-0.2, 0) is 11.2 Å². The number of amides is 3. The van der Waals surface area contributed by atoms with Gasteiger partial charge >= 0.3 is 6.03 Å². The number of hydrogen-bond donors (Lipinski definition) is 4. The normalized spacial score (nSPS) is 20.8. The fourth-order valence-electron chi connectivity index (χ4n) is 2.85. The summed E-state index contributed by atoms with van der Waals surface area (Å²) < 4.78 is 0. The Morgan fingerprint density at radius 1 is 1.32 bits per heavy atom. The third kappa shape index (κ3) is 2.55. The molecular formula is C16H17N3O3. The molecule has 0 bridgehead atoms. The van der Waals surface area contributed by atoms with Crippen LogP contribution in [-0.4, -0.2) is 17.0 Å². The van der Waals surface area contributed by atoms with Crippen molar-refractivity contribution in [3.8, 4) is 0 Å². The van der Waals surface area contributed by atoms with Gasteiger partial charge in [0, 0.05) is 0 Å². The minimum absolute atomic E-state index is 0.0120. The number of aliphatic hydroxyl groups excluding tert-OH is 1. The molecule has 6 heteroatoms. The number of nitrogens with one attached hydrogen (secondary N) is 3. The minimum atomic E-state index is -0.586. The van der Waals surface area contributed by atoms with E-state index in [1.807, 2.05) is 18.2 Å². The number of benzene rings is 1. The maximum Gasteiger partial charge on any atom is 0.324 e. The summed E-state index contributed by atoms with van der Waals surface area (Å²) in [7, 11) is 0. The molecule has 0 fully saturated rings. The third-order valence-corrected chi connectivity index (χ3v) is 3.93. The second-order valence-corrected chi connectivity index (χ2v) is 5.40. The second-order valence-electron chi connectivity index (χ2n) is 5.40. The van der Waals surface area contributed by atoms with Gasteiger partial charge in [0.25, 0.3) is 5.91 Å². The average Bonchev–Trinajstić information content (AvgIpc) is 2.51. The highest BCUT2D eigenvalue weighted by atomic mass is 16.3. The van der Waals surface area contributed by atoms with Crippen molar-refractivity contribution in [1.29, 1.82) is 0 Å². The zero-order valence-electron chi connectivity index (χ0n) is 12.0. The molecule has 1 aliphatic carbocycles. The van der Waals surface area contributed by atoms with Gasteiger partial charge in [-0.1, -0.05) is 30.8 Å². The van der Waals surface area contributed by atoms with E-state index in [4.69, 9.17) is 0 Å². The molecule has 3 rings (SSSR count). The van der Waals surface area contributed by atoms with E-state index in [1.54, 1.807) is 0 Å². The zero-order valence-corrected chi connectivity index (χ0v) is 12.0. The molecule has 0 aromatic heterocycles. The molecule has 6 nitrogen and oxygen atoms in total. The molecule has 3 amide bonds. The van der Waals surface area contributed by atoms with Gasteiger partial charge in [0.15, 0.2) is 11.5 Å². The molecule has 2 aliphatic rings. The Bertz CT molecular complexity index is 694.